The third-order valence-corrected chi connectivity index (χ3v) is 5.62. The predicted octanol–water partition coefficient (Wildman–Crippen LogP) is 3.73. The van der Waals surface area contributed by atoms with Crippen molar-refractivity contribution < 1.29 is 21.6 Å². The summed E-state index contributed by atoms with van der Waals surface area (Å²) >= 11 is 4.12. The molecule has 2 rings (SSSR count). The highest BCUT2D eigenvalue weighted by molar-refractivity contribution is 9.11. The molecular weight excluding hydrogens is 381 g/mol. The molecule has 0 radical (unpaired) electrons. The Hall–Kier alpha value is -1.13. The average molecular weight is 387 g/mol. The van der Waals surface area contributed by atoms with Crippen molar-refractivity contribution in [1.82, 2.24) is 4.98 Å². The van der Waals surface area contributed by atoms with E-state index in [2.05, 4.69) is 25.6 Å². The largest absolute Gasteiger partial charge is 0.433 e. The van der Waals surface area contributed by atoms with Crippen molar-refractivity contribution in [1.29, 1.82) is 0 Å². The number of hydrogen-bond donors (Lipinski definition) is 1. The van der Waals surface area contributed by atoms with Crippen LogP contribution in [-0.4, -0.2) is 13.4 Å². The van der Waals surface area contributed by atoms with Gasteiger partial charge in [0.2, 0.25) is 0 Å². The quantitative estimate of drug-likeness (QED) is 0.874. The van der Waals surface area contributed by atoms with Gasteiger partial charge >= 0.3 is 6.18 Å². The Labute approximate surface area is 124 Å². The second-order valence-electron chi connectivity index (χ2n) is 3.59. The molecule has 0 saturated carbocycles. The van der Waals surface area contributed by atoms with Gasteiger partial charge in [-0.25, -0.2) is 13.4 Å². The highest BCUT2D eigenvalue weighted by Crippen LogP contribution is 2.29. The smallest absolute Gasteiger partial charge is 0.277 e. The summed E-state index contributed by atoms with van der Waals surface area (Å²) in [7, 11) is -3.82. The van der Waals surface area contributed by atoms with Gasteiger partial charge in [0.05, 0.1) is 15.7 Å². The Balaban J connectivity index is 2.22. The molecule has 108 valence electrons. The third-order valence-electron chi connectivity index (χ3n) is 2.12. The minimum atomic E-state index is -4.56. The van der Waals surface area contributed by atoms with E-state index in [0.29, 0.717) is 9.85 Å². The van der Waals surface area contributed by atoms with Gasteiger partial charge in [0.15, 0.2) is 0 Å². The van der Waals surface area contributed by atoms with Crippen LogP contribution in [0.1, 0.15) is 5.69 Å². The fourth-order valence-electron chi connectivity index (χ4n) is 1.27. The highest BCUT2D eigenvalue weighted by atomic mass is 79.9. The third kappa shape index (κ3) is 3.49. The Morgan fingerprint density at radius 1 is 1.20 bits per heavy atom. The van der Waals surface area contributed by atoms with Crippen LogP contribution in [-0.2, 0) is 16.2 Å². The first-order chi connectivity index (χ1) is 9.18. The normalized spacial score (nSPS) is 12.4. The van der Waals surface area contributed by atoms with E-state index in [-0.39, 0.29) is 9.90 Å². The molecule has 0 amide bonds. The van der Waals surface area contributed by atoms with Gasteiger partial charge in [-0.05, 0) is 40.2 Å². The number of rotatable bonds is 3. The minimum Gasteiger partial charge on any atom is -0.277 e. The number of thiophene rings is 1. The fraction of sp³-hybridized carbons (Fsp3) is 0.100. The van der Waals surface area contributed by atoms with E-state index in [1.165, 1.54) is 6.07 Å². The summed E-state index contributed by atoms with van der Waals surface area (Å²) in [4.78, 5) is 3.18. The van der Waals surface area contributed by atoms with Gasteiger partial charge < -0.3 is 0 Å². The van der Waals surface area contributed by atoms with Crippen LogP contribution in [0.15, 0.2) is 38.5 Å². The number of halogens is 4. The van der Waals surface area contributed by atoms with E-state index in [0.717, 1.165) is 23.6 Å². The molecule has 0 bridgehead atoms. The SMILES string of the molecule is O=S(=O)(Nc1ccc(C(F)(F)F)nc1)c1ccc(Br)s1. The Kier molecular flexibility index (Phi) is 4.07. The van der Waals surface area contributed by atoms with Gasteiger partial charge in [-0.1, -0.05) is 0 Å². The van der Waals surface area contributed by atoms with Crippen molar-refractivity contribution in [3.63, 3.8) is 0 Å². The molecule has 0 saturated heterocycles. The number of anilines is 1. The monoisotopic (exact) mass is 386 g/mol. The molecule has 2 heterocycles. The summed E-state index contributed by atoms with van der Waals surface area (Å²) in [6, 6.07) is 4.66. The van der Waals surface area contributed by atoms with Crippen LogP contribution < -0.4 is 4.72 Å². The number of hydrogen-bond acceptors (Lipinski definition) is 4. The first-order valence-electron chi connectivity index (χ1n) is 5.00. The van der Waals surface area contributed by atoms with Crippen molar-refractivity contribution in [3.05, 3.63) is 39.9 Å². The summed E-state index contributed by atoms with van der Waals surface area (Å²) in [6.45, 7) is 0. The number of pyridine rings is 1. The van der Waals surface area contributed by atoms with Crippen molar-refractivity contribution >= 4 is 43.0 Å². The number of nitrogens with one attached hydrogen (secondary N) is 1. The number of sulfonamides is 1. The van der Waals surface area contributed by atoms with Gasteiger partial charge in [-0.3, -0.25) is 4.72 Å². The van der Waals surface area contributed by atoms with Crippen molar-refractivity contribution in [2.75, 3.05) is 4.72 Å². The zero-order chi connectivity index (χ0) is 15.0. The molecule has 0 aliphatic rings. The summed E-state index contributed by atoms with van der Waals surface area (Å²) in [5.41, 5.74) is -1.12. The van der Waals surface area contributed by atoms with Crippen molar-refractivity contribution in [3.8, 4) is 0 Å². The molecule has 2 aromatic heterocycles. The van der Waals surface area contributed by atoms with E-state index >= 15 is 0 Å². The maximum atomic E-state index is 12.3. The number of nitrogens with zero attached hydrogens (tertiary/aromatic N) is 1. The van der Waals surface area contributed by atoms with Crippen LogP contribution in [0.3, 0.4) is 0 Å². The molecule has 10 heteroatoms. The van der Waals surface area contributed by atoms with E-state index in [9.17, 15) is 21.6 Å². The molecule has 0 spiro atoms. The van der Waals surface area contributed by atoms with Gasteiger partial charge in [0, 0.05) is 0 Å². The van der Waals surface area contributed by atoms with Gasteiger partial charge in [-0.2, -0.15) is 13.2 Å². The van der Waals surface area contributed by atoms with Crippen LogP contribution >= 0.6 is 27.3 Å². The van der Waals surface area contributed by atoms with E-state index in [1.807, 2.05) is 0 Å². The molecule has 2 aromatic rings. The predicted molar refractivity (Wildman–Crippen MR) is 72.1 cm³/mol. The van der Waals surface area contributed by atoms with Crippen LogP contribution in [0.5, 0.6) is 0 Å². The van der Waals surface area contributed by atoms with E-state index in [4.69, 9.17) is 0 Å². The molecule has 1 N–H and O–H groups in total. The molecular formula is C10H6BrF3N2O2S2. The zero-order valence-corrected chi connectivity index (χ0v) is 12.7. The second kappa shape index (κ2) is 5.34. The summed E-state index contributed by atoms with van der Waals surface area (Å²) in [6.07, 6.45) is -3.74. The molecule has 0 atom stereocenters. The topological polar surface area (TPSA) is 59.1 Å². The molecule has 0 aliphatic heterocycles. The highest BCUT2D eigenvalue weighted by Gasteiger charge is 2.32. The van der Waals surface area contributed by atoms with E-state index < -0.39 is 21.9 Å². The lowest BCUT2D eigenvalue weighted by molar-refractivity contribution is -0.141. The summed E-state index contributed by atoms with van der Waals surface area (Å²) in [5, 5.41) is 0. The standard InChI is InChI=1S/C10H6BrF3N2O2S2/c11-8-3-4-9(19-8)20(17,18)16-6-1-2-7(15-5-6)10(12,13)14/h1-5,16H. The fourth-order valence-corrected chi connectivity index (χ4v) is 4.32. The Morgan fingerprint density at radius 3 is 2.35 bits per heavy atom. The number of alkyl halides is 3. The summed E-state index contributed by atoms with van der Waals surface area (Å²) < 4.78 is 63.6. The first kappa shape index (κ1) is 15.3. The Bertz CT molecular complexity index is 711. The maximum Gasteiger partial charge on any atom is 0.433 e. The van der Waals surface area contributed by atoms with Crippen LogP contribution in [0.25, 0.3) is 0 Å². The van der Waals surface area contributed by atoms with Crippen molar-refractivity contribution in [2.24, 2.45) is 0 Å². The summed E-state index contributed by atoms with van der Waals surface area (Å²) in [5.74, 6) is 0. The average Bonchev–Trinajstić information content (AvgIpc) is 2.76. The van der Waals surface area contributed by atoms with Crippen molar-refractivity contribution in [2.45, 2.75) is 10.4 Å². The van der Waals surface area contributed by atoms with Gasteiger partial charge in [0.1, 0.15) is 9.90 Å². The molecule has 0 fully saturated rings. The van der Waals surface area contributed by atoms with Crippen LogP contribution in [0, 0.1) is 0 Å². The lowest BCUT2D eigenvalue weighted by Crippen LogP contribution is -2.13. The van der Waals surface area contributed by atoms with Gasteiger partial charge in [0.25, 0.3) is 10.0 Å². The second-order valence-corrected chi connectivity index (χ2v) is 7.97. The lowest BCUT2D eigenvalue weighted by Gasteiger charge is -2.08. The molecule has 0 aromatic carbocycles. The zero-order valence-electron chi connectivity index (χ0n) is 9.48. The first-order valence-corrected chi connectivity index (χ1v) is 8.09. The molecule has 20 heavy (non-hydrogen) atoms. The lowest BCUT2D eigenvalue weighted by atomic mass is 10.3. The molecule has 0 aliphatic carbocycles. The number of aromatic nitrogens is 1. The Morgan fingerprint density at radius 2 is 1.90 bits per heavy atom. The van der Waals surface area contributed by atoms with Crippen LogP contribution in [0.4, 0.5) is 18.9 Å². The minimum absolute atomic E-state index is 0.0393. The maximum absolute atomic E-state index is 12.3. The van der Waals surface area contributed by atoms with Gasteiger partial charge in [-0.15, -0.1) is 11.3 Å². The van der Waals surface area contributed by atoms with E-state index in [1.54, 1.807) is 6.07 Å². The molecule has 0 unspecified atom stereocenters. The van der Waals surface area contributed by atoms with Crippen LogP contribution in [0.2, 0.25) is 0 Å². The molecule has 4 nitrogen and oxygen atoms in total.